The van der Waals surface area contributed by atoms with Crippen molar-refractivity contribution in [3.05, 3.63) is 24.4 Å². The molecule has 146 valence electrons. The van der Waals surface area contributed by atoms with Crippen molar-refractivity contribution in [2.75, 3.05) is 5.32 Å². The fourth-order valence-electron chi connectivity index (χ4n) is 3.91. The smallest absolute Gasteiger partial charge is 0.248 e. The predicted molar refractivity (Wildman–Crippen MR) is 99.3 cm³/mol. The molecule has 0 unspecified atom stereocenters. The van der Waals surface area contributed by atoms with Crippen LogP contribution in [0, 0.1) is 0 Å². The van der Waals surface area contributed by atoms with Crippen molar-refractivity contribution in [1.82, 2.24) is 9.97 Å². The SMILES string of the molecule is OC1CCC(Nc2ncc3cccc(OC4CCC(F)(F)CC4)c3n2)CC1. The summed E-state index contributed by atoms with van der Waals surface area (Å²) in [6, 6.07) is 5.87. The third-order valence-electron chi connectivity index (χ3n) is 5.56. The molecular formula is C20H25F2N3O2. The Morgan fingerprint density at radius 1 is 1.07 bits per heavy atom. The van der Waals surface area contributed by atoms with Crippen molar-refractivity contribution < 1.29 is 18.6 Å². The number of aliphatic hydroxyl groups is 1. The van der Waals surface area contributed by atoms with Gasteiger partial charge in [0.15, 0.2) is 0 Å². The number of para-hydroxylation sites is 1. The van der Waals surface area contributed by atoms with E-state index in [0.29, 0.717) is 30.1 Å². The Morgan fingerprint density at radius 2 is 1.81 bits per heavy atom. The number of ether oxygens (including phenoxy) is 1. The summed E-state index contributed by atoms with van der Waals surface area (Å²) in [6.45, 7) is 0. The van der Waals surface area contributed by atoms with E-state index < -0.39 is 5.92 Å². The Kier molecular flexibility index (Phi) is 5.12. The Morgan fingerprint density at radius 3 is 2.56 bits per heavy atom. The van der Waals surface area contributed by atoms with Crippen LogP contribution in [0.3, 0.4) is 0 Å². The Hall–Kier alpha value is -2.02. The van der Waals surface area contributed by atoms with Gasteiger partial charge in [0.1, 0.15) is 11.3 Å². The number of alkyl halides is 2. The Bertz CT molecular complexity index is 784. The molecule has 2 N–H and O–H groups in total. The maximum Gasteiger partial charge on any atom is 0.248 e. The number of hydrogen-bond donors (Lipinski definition) is 2. The van der Waals surface area contributed by atoms with Gasteiger partial charge in [0.2, 0.25) is 11.9 Å². The highest BCUT2D eigenvalue weighted by Crippen LogP contribution is 2.36. The second-order valence-electron chi connectivity index (χ2n) is 7.71. The van der Waals surface area contributed by atoms with E-state index in [1.807, 2.05) is 18.2 Å². The van der Waals surface area contributed by atoms with E-state index in [1.165, 1.54) is 0 Å². The van der Waals surface area contributed by atoms with Crippen molar-refractivity contribution in [1.29, 1.82) is 0 Å². The standard InChI is InChI=1S/C20H25F2N3O2/c21-20(22)10-8-16(9-11-20)27-17-3-1-2-13-12-23-19(25-18(13)17)24-14-4-6-15(26)7-5-14/h1-3,12,14-16,26H,4-11H2,(H,23,24,25). The maximum absolute atomic E-state index is 13.4. The van der Waals surface area contributed by atoms with Gasteiger partial charge in [-0.2, -0.15) is 0 Å². The first-order valence-electron chi connectivity index (χ1n) is 9.73. The number of benzene rings is 1. The number of nitrogens with one attached hydrogen (secondary N) is 1. The molecule has 7 heteroatoms. The first-order valence-corrected chi connectivity index (χ1v) is 9.73. The maximum atomic E-state index is 13.4. The van der Waals surface area contributed by atoms with Crippen molar-refractivity contribution in [3.63, 3.8) is 0 Å². The van der Waals surface area contributed by atoms with E-state index in [1.54, 1.807) is 6.20 Å². The summed E-state index contributed by atoms with van der Waals surface area (Å²) in [5.74, 6) is -1.41. The molecule has 2 aromatic rings. The van der Waals surface area contributed by atoms with E-state index in [-0.39, 0.29) is 31.1 Å². The Labute approximate surface area is 157 Å². The number of rotatable bonds is 4. The molecule has 0 spiro atoms. The molecule has 0 radical (unpaired) electrons. The third kappa shape index (κ3) is 4.46. The largest absolute Gasteiger partial charge is 0.488 e. The van der Waals surface area contributed by atoms with Gasteiger partial charge in [0, 0.05) is 30.5 Å². The highest BCUT2D eigenvalue weighted by molar-refractivity contribution is 5.84. The summed E-state index contributed by atoms with van der Waals surface area (Å²) in [5.41, 5.74) is 0.697. The molecule has 2 saturated carbocycles. The second kappa shape index (κ2) is 7.54. The van der Waals surface area contributed by atoms with Crippen LogP contribution in [0.2, 0.25) is 0 Å². The van der Waals surface area contributed by atoms with Gasteiger partial charge in [0.25, 0.3) is 0 Å². The number of anilines is 1. The van der Waals surface area contributed by atoms with E-state index in [2.05, 4.69) is 15.3 Å². The molecule has 5 nitrogen and oxygen atoms in total. The number of halogens is 2. The van der Waals surface area contributed by atoms with Crippen LogP contribution in [0.25, 0.3) is 10.9 Å². The summed E-state index contributed by atoms with van der Waals surface area (Å²) in [7, 11) is 0. The highest BCUT2D eigenvalue weighted by Gasteiger charge is 2.35. The van der Waals surface area contributed by atoms with Crippen LogP contribution in [-0.2, 0) is 0 Å². The van der Waals surface area contributed by atoms with Crippen molar-refractivity contribution >= 4 is 16.9 Å². The normalized spacial score (nSPS) is 26.0. The van der Waals surface area contributed by atoms with Gasteiger partial charge in [0.05, 0.1) is 12.2 Å². The molecule has 1 aromatic carbocycles. The highest BCUT2D eigenvalue weighted by atomic mass is 19.3. The van der Waals surface area contributed by atoms with Crippen LogP contribution in [-0.4, -0.2) is 39.2 Å². The summed E-state index contributed by atoms with van der Waals surface area (Å²) in [4.78, 5) is 9.01. The quantitative estimate of drug-likeness (QED) is 0.831. The van der Waals surface area contributed by atoms with Gasteiger partial charge in [-0.05, 0) is 44.6 Å². The lowest BCUT2D eigenvalue weighted by Crippen LogP contribution is -2.30. The predicted octanol–water partition coefficient (Wildman–Crippen LogP) is 4.30. The fraction of sp³-hybridized carbons (Fsp3) is 0.600. The fourth-order valence-corrected chi connectivity index (χ4v) is 3.91. The van der Waals surface area contributed by atoms with Crippen LogP contribution in [0.5, 0.6) is 5.75 Å². The molecule has 0 atom stereocenters. The minimum absolute atomic E-state index is 0.127. The lowest BCUT2D eigenvalue weighted by Gasteiger charge is -2.29. The lowest BCUT2D eigenvalue weighted by molar-refractivity contribution is -0.0580. The summed E-state index contributed by atoms with van der Waals surface area (Å²) < 4.78 is 32.8. The molecule has 2 aliphatic rings. The topological polar surface area (TPSA) is 67.3 Å². The zero-order chi connectivity index (χ0) is 18.9. The van der Waals surface area contributed by atoms with E-state index in [9.17, 15) is 13.9 Å². The summed E-state index contributed by atoms with van der Waals surface area (Å²) >= 11 is 0. The molecular weight excluding hydrogens is 352 g/mol. The zero-order valence-corrected chi connectivity index (χ0v) is 15.2. The van der Waals surface area contributed by atoms with Crippen molar-refractivity contribution in [2.24, 2.45) is 0 Å². The molecule has 2 aliphatic carbocycles. The summed E-state index contributed by atoms with van der Waals surface area (Å²) in [5, 5.41) is 13.8. The molecule has 1 aromatic heterocycles. The van der Waals surface area contributed by atoms with Gasteiger partial charge < -0.3 is 15.2 Å². The molecule has 0 saturated heterocycles. The molecule has 0 aliphatic heterocycles. The Balaban J connectivity index is 1.49. The minimum Gasteiger partial charge on any atom is -0.488 e. The average molecular weight is 377 g/mol. The minimum atomic E-state index is -2.56. The van der Waals surface area contributed by atoms with Gasteiger partial charge in [-0.25, -0.2) is 18.7 Å². The average Bonchev–Trinajstić information content (AvgIpc) is 2.66. The first kappa shape index (κ1) is 18.3. The molecule has 1 heterocycles. The third-order valence-corrected chi connectivity index (χ3v) is 5.56. The van der Waals surface area contributed by atoms with E-state index in [0.717, 1.165) is 31.1 Å². The number of aromatic nitrogens is 2. The number of hydrogen-bond acceptors (Lipinski definition) is 5. The van der Waals surface area contributed by atoms with Gasteiger partial charge in [-0.15, -0.1) is 0 Å². The van der Waals surface area contributed by atoms with E-state index >= 15 is 0 Å². The van der Waals surface area contributed by atoms with Crippen LogP contribution in [0.15, 0.2) is 24.4 Å². The van der Waals surface area contributed by atoms with Gasteiger partial charge in [-0.1, -0.05) is 12.1 Å². The summed E-state index contributed by atoms with van der Waals surface area (Å²) in [6.07, 6.45) is 5.13. The molecule has 0 amide bonds. The van der Waals surface area contributed by atoms with Gasteiger partial charge >= 0.3 is 0 Å². The monoisotopic (exact) mass is 377 g/mol. The van der Waals surface area contributed by atoms with E-state index in [4.69, 9.17) is 4.74 Å². The second-order valence-corrected chi connectivity index (χ2v) is 7.71. The zero-order valence-electron chi connectivity index (χ0n) is 15.2. The molecule has 0 bridgehead atoms. The van der Waals surface area contributed by atoms with Crippen LogP contribution < -0.4 is 10.1 Å². The lowest BCUT2D eigenvalue weighted by atomic mass is 9.93. The van der Waals surface area contributed by atoms with Crippen LogP contribution in [0.4, 0.5) is 14.7 Å². The van der Waals surface area contributed by atoms with Crippen LogP contribution in [0.1, 0.15) is 51.4 Å². The number of fused-ring (bicyclic) bond motifs is 1. The molecule has 2 fully saturated rings. The molecule has 4 rings (SSSR count). The molecule has 27 heavy (non-hydrogen) atoms. The number of aliphatic hydroxyl groups excluding tert-OH is 1. The van der Waals surface area contributed by atoms with Crippen molar-refractivity contribution in [3.8, 4) is 5.75 Å². The van der Waals surface area contributed by atoms with Crippen molar-refractivity contribution in [2.45, 2.75) is 75.5 Å². The van der Waals surface area contributed by atoms with Crippen LogP contribution >= 0.6 is 0 Å². The first-order chi connectivity index (χ1) is 13.0. The number of nitrogens with zero attached hydrogens (tertiary/aromatic N) is 2. The van der Waals surface area contributed by atoms with Gasteiger partial charge in [-0.3, -0.25) is 0 Å².